The van der Waals surface area contributed by atoms with E-state index in [4.69, 9.17) is 4.74 Å². The zero-order chi connectivity index (χ0) is 20.9. The molecule has 2 aromatic heterocycles. The summed E-state index contributed by atoms with van der Waals surface area (Å²) in [7, 11) is -3.53. The summed E-state index contributed by atoms with van der Waals surface area (Å²) in [6.07, 6.45) is 0.115. The molecule has 1 aliphatic heterocycles. The summed E-state index contributed by atoms with van der Waals surface area (Å²) < 4.78 is 32.2. The van der Waals surface area contributed by atoms with E-state index < -0.39 is 10.0 Å². The second kappa shape index (κ2) is 9.81. The van der Waals surface area contributed by atoms with E-state index in [2.05, 4.69) is 10.6 Å². The number of carbonyl (C=O) groups excluding carboxylic acids is 2. The third-order valence-corrected chi connectivity index (χ3v) is 8.75. The first-order valence-electron chi connectivity index (χ1n) is 9.10. The summed E-state index contributed by atoms with van der Waals surface area (Å²) >= 11 is 2.63. The van der Waals surface area contributed by atoms with Crippen molar-refractivity contribution >= 4 is 44.5 Å². The lowest BCUT2D eigenvalue weighted by Gasteiger charge is -2.25. The highest BCUT2D eigenvalue weighted by molar-refractivity contribution is 7.91. The van der Waals surface area contributed by atoms with Crippen LogP contribution in [0.2, 0.25) is 0 Å². The van der Waals surface area contributed by atoms with E-state index in [1.54, 1.807) is 12.1 Å². The van der Waals surface area contributed by atoms with Crippen molar-refractivity contribution in [3.8, 4) is 0 Å². The first-order chi connectivity index (χ1) is 13.9. The summed E-state index contributed by atoms with van der Waals surface area (Å²) in [5, 5.41) is 7.49. The quantitative estimate of drug-likeness (QED) is 0.628. The number of morpholine rings is 1. The maximum absolute atomic E-state index is 12.7. The Labute approximate surface area is 177 Å². The standard InChI is InChI=1S/C18H23N3O5S3/c1-13(22)20-15(16-3-2-10-27-16)11-17(23)19-12-14-4-5-18(28-14)29(24,25)21-6-8-26-9-7-21/h2-5,10,15H,6-9,11-12H2,1H3,(H,19,23)(H,20,22). The molecule has 0 spiro atoms. The molecule has 1 saturated heterocycles. The van der Waals surface area contributed by atoms with Crippen LogP contribution in [-0.2, 0) is 30.9 Å². The van der Waals surface area contributed by atoms with E-state index in [0.717, 1.165) is 21.1 Å². The monoisotopic (exact) mass is 457 g/mol. The van der Waals surface area contributed by atoms with Gasteiger partial charge < -0.3 is 15.4 Å². The summed E-state index contributed by atoms with van der Waals surface area (Å²) in [4.78, 5) is 25.4. The van der Waals surface area contributed by atoms with Gasteiger partial charge in [-0.25, -0.2) is 8.42 Å². The largest absolute Gasteiger partial charge is 0.379 e. The van der Waals surface area contributed by atoms with Gasteiger partial charge in [0.05, 0.1) is 32.2 Å². The van der Waals surface area contributed by atoms with E-state index in [1.165, 1.54) is 22.6 Å². The molecule has 2 aromatic rings. The number of rotatable bonds is 8. The van der Waals surface area contributed by atoms with Gasteiger partial charge in [0, 0.05) is 29.8 Å². The van der Waals surface area contributed by atoms with Crippen LogP contribution in [0.25, 0.3) is 0 Å². The Kier molecular flexibility index (Phi) is 7.41. The van der Waals surface area contributed by atoms with Crippen molar-refractivity contribution in [3.05, 3.63) is 39.4 Å². The van der Waals surface area contributed by atoms with E-state index >= 15 is 0 Å². The van der Waals surface area contributed by atoms with E-state index in [9.17, 15) is 18.0 Å². The molecule has 29 heavy (non-hydrogen) atoms. The van der Waals surface area contributed by atoms with E-state index in [1.807, 2.05) is 17.5 Å². The lowest BCUT2D eigenvalue weighted by molar-refractivity contribution is -0.122. The molecular formula is C18H23N3O5S3. The van der Waals surface area contributed by atoms with Crippen LogP contribution >= 0.6 is 22.7 Å². The van der Waals surface area contributed by atoms with Crippen LogP contribution < -0.4 is 10.6 Å². The summed E-state index contributed by atoms with van der Waals surface area (Å²) in [5.74, 6) is -0.421. The van der Waals surface area contributed by atoms with Gasteiger partial charge in [0.15, 0.2) is 0 Å². The molecular weight excluding hydrogens is 434 g/mol. The molecule has 158 valence electrons. The smallest absolute Gasteiger partial charge is 0.252 e. The van der Waals surface area contributed by atoms with Crippen molar-refractivity contribution in [2.45, 2.75) is 30.1 Å². The summed E-state index contributed by atoms with van der Waals surface area (Å²) in [6.45, 7) is 3.14. The minimum atomic E-state index is -3.53. The number of hydrogen-bond acceptors (Lipinski definition) is 7. The Morgan fingerprint density at radius 2 is 2.00 bits per heavy atom. The SMILES string of the molecule is CC(=O)NC(CC(=O)NCc1ccc(S(=O)(=O)N2CCOCC2)s1)c1cccs1. The summed E-state index contributed by atoms with van der Waals surface area (Å²) in [6, 6.07) is 6.65. The highest BCUT2D eigenvalue weighted by Crippen LogP contribution is 2.26. The van der Waals surface area contributed by atoms with Crippen LogP contribution in [-0.4, -0.2) is 50.8 Å². The topological polar surface area (TPSA) is 105 Å². The van der Waals surface area contributed by atoms with Gasteiger partial charge in [-0.15, -0.1) is 22.7 Å². The van der Waals surface area contributed by atoms with Gasteiger partial charge in [0.2, 0.25) is 11.8 Å². The van der Waals surface area contributed by atoms with Gasteiger partial charge in [-0.05, 0) is 23.6 Å². The molecule has 0 aromatic carbocycles. The molecule has 1 unspecified atom stereocenters. The van der Waals surface area contributed by atoms with Gasteiger partial charge in [0.25, 0.3) is 10.0 Å². The zero-order valence-electron chi connectivity index (χ0n) is 15.9. The van der Waals surface area contributed by atoms with Gasteiger partial charge in [-0.2, -0.15) is 4.31 Å². The van der Waals surface area contributed by atoms with Crippen molar-refractivity contribution in [2.75, 3.05) is 26.3 Å². The van der Waals surface area contributed by atoms with E-state index in [0.29, 0.717) is 26.3 Å². The average molecular weight is 458 g/mol. The highest BCUT2D eigenvalue weighted by atomic mass is 32.2. The first kappa shape index (κ1) is 21.9. The van der Waals surface area contributed by atoms with Crippen molar-refractivity contribution in [1.82, 2.24) is 14.9 Å². The van der Waals surface area contributed by atoms with E-state index in [-0.39, 0.29) is 35.0 Å². The number of carbonyl (C=O) groups is 2. The fourth-order valence-corrected chi connectivity index (χ4v) is 6.54. The van der Waals surface area contributed by atoms with Crippen molar-refractivity contribution in [3.63, 3.8) is 0 Å². The van der Waals surface area contributed by atoms with Crippen molar-refractivity contribution < 1.29 is 22.7 Å². The molecule has 11 heteroatoms. The maximum atomic E-state index is 12.7. The number of ether oxygens (including phenoxy) is 1. The minimum Gasteiger partial charge on any atom is -0.379 e. The number of sulfonamides is 1. The van der Waals surface area contributed by atoms with Crippen molar-refractivity contribution in [2.24, 2.45) is 0 Å². The molecule has 3 heterocycles. The van der Waals surface area contributed by atoms with Crippen LogP contribution in [0.1, 0.15) is 29.1 Å². The van der Waals surface area contributed by atoms with Crippen molar-refractivity contribution in [1.29, 1.82) is 0 Å². The van der Waals surface area contributed by atoms with Crippen LogP contribution in [0.15, 0.2) is 33.9 Å². The maximum Gasteiger partial charge on any atom is 0.252 e. The molecule has 0 bridgehead atoms. The number of thiophene rings is 2. The molecule has 8 nitrogen and oxygen atoms in total. The van der Waals surface area contributed by atoms with Gasteiger partial charge in [-0.1, -0.05) is 6.07 Å². The predicted molar refractivity (Wildman–Crippen MR) is 111 cm³/mol. The molecule has 0 radical (unpaired) electrons. The second-order valence-electron chi connectivity index (χ2n) is 6.49. The molecule has 0 saturated carbocycles. The molecule has 0 aliphatic carbocycles. The Morgan fingerprint density at radius 1 is 1.24 bits per heavy atom. The fourth-order valence-electron chi connectivity index (χ4n) is 2.91. The third kappa shape index (κ3) is 5.86. The van der Waals surface area contributed by atoms with Gasteiger partial charge in [0.1, 0.15) is 4.21 Å². The second-order valence-corrected chi connectivity index (χ2v) is 10.8. The zero-order valence-corrected chi connectivity index (χ0v) is 18.4. The lowest BCUT2D eigenvalue weighted by Crippen LogP contribution is -2.40. The number of nitrogens with zero attached hydrogens (tertiary/aromatic N) is 1. The number of hydrogen-bond donors (Lipinski definition) is 2. The molecule has 1 fully saturated rings. The average Bonchev–Trinajstić information content (AvgIpc) is 3.38. The minimum absolute atomic E-state index is 0.115. The van der Waals surface area contributed by atoms with Gasteiger partial charge >= 0.3 is 0 Å². The predicted octanol–water partition coefficient (Wildman–Crippen LogP) is 1.71. The van der Waals surface area contributed by atoms with Crippen LogP contribution in [0.4, 0.5) is 0 Å². The molecule has 2 N–H and O–H groups in total. The Bertz CT molecular complexity index is 934. The number of amides is 2. The highest BCUT2D eigenvalue weighted by Gasteiger charge is 2.27. The molecule has 1 aliphatic rings. The fraction of sp³-hybridized carbons (Fsp3) is 0.444. The Balaban J connectivity index is 1.57. The lowest BCUT2D eigenvalue weighted by atomic mass is 10.1. The third-order valence-electron chi connectivity index (χ3n) is 4.31. The molecule has 1 atom stereocenters. The molecule has 3 rings (SSSR count). The number of nitrogens with one attached hydrogen (secondary N) is 2. The van der Waals surface area contributed by atoms with Crippen LogP contribution in [0, 0.1) is 0 Å². The Hall–Kier alpha value is -1.79. The van der Waals surface area contributed by atoms with Gasteiger partial charge in [-0.3, -0.25) is 9.59 Å². The first-order valence-corrected chi connectivity index (χ1v) is 12.2. The summed E-state index contributed by atoms with van der Waals surface area (Å²) in [5.41, 5.74) is 0. The molecule has 2 amide bonds. The Morgan fingerprint density at radius 3 is 2.66 bits per heavy atom. The normalized spacial score (nSPS) is 16.3. The van der Waals surface area contributed by atoms with Crippen LogP contribution in [0.3, 0.4) is 0 Å². The van der Waals surface area contributed by atoms with Crippen LogP contribution in [0.5, 0.6) is 0 Å².